The van der Waals surface area contributed by atoms with Gasteiger partial charge in [0.2, 0.25) is 0 Å². The van der Waals surface area contributed by atoms with E-state index in [9.17, 15) is 4.79 Å². The fourth-order valence-electron chi connectivity index (χ4n) is 1.59. The molecule has 0 heterocycles. The first kappa shape index (κ1) is 18.3. The lowest BCUT2D eigenvalue weighted by atomic mass is 10.1. The van der Waals surface area contributed by atoms with Gasteiger partial charge in [0.05, 0.1) is 0 Å². The first-order valence-corrected chi connectivity index (χ1v) is 7.74. The SMILES string of the molecule is CCCNCCNC(=O)c1ccc(CSC)cc1.Cl. The van der Waals surface area contributed by atoms with Crippen LogP contribution in [0.4, 0.5) is 0 Å². The third-order valence-electron chi connectivity index (χ3n) is 2.54. The number of halogens is 1. The van der Waals surface area contributed by atoms with Gasteiger partial charge in [-0.3, -0.25) is 4.79 Å². The van der Waals surface area contributed by atoms with Crippen molar-refractivity contribution in [1.29, 1.82) is 0 Å². The van der Waals surface area contributed by atoms with Gasteiger partial charge in [-0.2, -0.15) is 11.8 Å². The number of amides is 1. The second-order valence-corrected chi connectivity index (χ2v) is 5.00. The summed E-state index contributed by atoms with van der Waals surface area (Å²) in [6.07, 6.45) is 3.19. The van der Waals surface area contributed by atoms with Crippen LogP contribution < -0.4 is 10.6 Å². The van der Waals surface area contributed by atoms with Crippen LogP contribution in [0.1, 0.15) is 29.3 Å². The molecule has 0 aliphatic rings. The summed E-state index contributed by atoms with van der Waals surface area (Å²) in [7, 11) is 0. The Morgan fingerprint density at radius 1 is 1.16 bits per heavy atom. The molecular formula is C14H23ClN2OS. The third kappa shape index (κ3) is 7.45. The molecule has 1 aromatic carbocycles. The molecule has 0 aromatic heterocycles. The van der Waals surface area contributed by atoms with Crippen molar-refractivity contribution in [3.63, 3.8) is 0 Å². The van der Waals surface area contributed by atoms with Gasteiger partial charge in [-0.25, -0.2) is 0 Å². The molecule has 1 rings (SSSR count). The van der Waals surface area contributed by atoms with Crippen LogP contribution in [0.2, 0.25) is 0 Å². The van der Waals surface area contributed by atoms with Gasteiger partial charge in [0.25, 0.3) is 5.91 Å². The van der Waals surface area contributed by atoms with Gasteiger partial charge in [-0.05, 0) is 36.9 Å². The zero-order valence-corrected chi connectivity index (χ0v) is 13.2. The van der Waals surface area contributed by atoms with Crippen molar-refractivity contribution in [1.82, 2.24) is 10.6 Å². The number of rotatable bonds is 8. The highest BCUT2D eigenvalue weighted by Crippen LogP contribution is 2.10. The monoisotopic (exact) mass is 302 g/mol. The molecule has 2 N–H and O–H groups in total. The average Bonchev–Trinajstić information content (AvgIpc) is 2.39. The second kappa shape index (κ2) is 11.1. The van der Waals surface area contributed by atoms with E-state index in [1.54, 1.807) is 11.8 Å². The molecule has 19 heavy (non-hydrogen) atoms. The van der Waals surface area contributed by atoms with Crippen molar-refractivity contribution in [3.05, 3.63) is 35.4 Å². The molecule has 0 unspecified atom stereocenters. The van der Waals surface area contributed by atoms with E-state index < -0.39 is 0 Å². The van der Waals surface area contributed by atoms with Gasteiger partial charge < -0.3 is 10.6 Å². The minimum Gasteiger partial charge on any atom is -0.351 e. The van der Waals surface area contributed by atoms with Crippen LogP contribution in [-0.2, 0) is 5.75 Å². The molecule has 0 aliphatic heterocycles. The Hall–Kier alpha value is -0.710. The van der Waals surface area contributed by atoms with Gasteiger partial charge in [-0.15, -0.1) is 12.4 Å². The van der Waals surface area contributed by atoms with Crippen LogP contribution in [0.3, 0.4) is 0 Å². The van der Waals surface area contributed by atoms with Gasteiger partial charge in [0.15, 0.2) is 0 Å². The third-order valence-corrected chi connectivity index (χ3v) is 3.16. The summed E-state index contributed by atoms with van der Waals surface area (Å²) in [4.78, 5) is 11.8. The number of hydrogen-bond acceptors (Lipinski definition) is 3. The number of carbonyl (C=O) groups excluding carboxylic acids is 1. The van der Waals surface area contributed by atoms with E-state index in [4.69, 9.17) is 0 Å². The summed E-state index contributed by atoms with van der Waals surface area (Å²) in [6, 6.07) is 7.81. The molecule has 1 amide bonds. The number of benzene rings is 1. The number of thioether (sulfide) groups is 1. The van der Waals surface area contributed by atoms with E-state index in [1.165, 1.54) is 5.56 Å². The van der Waals surface area contributed by atoms with Gasteiger partial charge in [0.1, 0.15) is 0 Å². The van der Waals surface area contributed by atoms with Crippen molar-refractivity contribution in [2.24, 2.45) is 0 Å². The lowest BCUT2D eigenvalue weighted by Crippen LogP contribution is -2.32. The molecule has 3 nitrogen and oxygen atoms in total. The fraction of sp³-hybridized carbons (Fsp3) is 0.500. The van der Waals surface area contributed by atoms with Crippen molar-refractivity contribution in [2.45, 2.75) is 19.1 Å². The molecule has 0 aliphatic carbocycles. The maximum Gasteiger partial charge on any atom is 0.251 e. The first-order valence-electron chi connectivity index (χ1n) is 6.34. The minimum atomic E-state index is 0. The van der Waals surface area contributed by atoms with Crippen LogP contribution in [0.15, 0.2) is 24.3 Å². The predicted octanol–water partition coefficient (Wildman–Crippen LogP) is 2.70. The maximum atomic E-state index is 11.8. The lowest BCUT2D eigenvalue weighted by molar-refractivity contribution is 0.0954. The van der Waals surface area contributed by atoms with Crippen LogP contribution in [-0.4, -0.2) is 31.8 Å². The molecule has 0 spiro atoms. The van der Waals surface area contributed by atoms with E-state index in [-0.39, 0.29) is 18.3 Å². The van der Waals surface area contributed by atoms with E-state index >= 15 is 0 Å². The van der Waals surface area contributed by atoms with E-state index in [0.717, 1.165) is 30.8 Å². The zero-order valence-electron chi connectivity index (χ0n) is 11.6. The zero-order chi connectivity index (χ0) is 13.2. The highest BCUT2D eigenvalue weighted by molar-refractivity contribution is 7.97. The Kier molecular flexibility index (Phi) is 10.7. The summed E-state index contributed by atoms with van der Waals surface area (Å²) < 4.78 is 0. The Bertz CT molecular complexity index is 357. The molecule has 0 saturated heterocycles. The molecule has 0 fully saturated rings. The first-order chi connectivity index (χ1) is 8.77. The van der Waals surface area contributed by atoms with Crippen molar-refractivity contribution in [3.8, 4) is 0 Å². The van der Waals surface area contributed by atoms with Crippen LogP contribution in [0.5, 0.6) is 0 Å². The fourth-order valence-corrected chi connectivity index (χ4v) is 2.11. The smallest absolute Gasteiger partial charge is 0.251 e. The highest BCUT2D eigenvalue weighted by atomic mass is 35.5. The van der Waals surface area contributed by atoms with E-state index in [0.29, 0.717) is 6.54 Å². The molecule has 5 heteroatoms. The topological polar surface area (TPSA) is 41.1 Å². The summed E-state index contributed by atoms with van der Waals surface area (Å²) in [5.74, 6) is 0.993. The van der Waals surface area contributed by atoms with Gasteiger partial charge >= 0.3 is 0 Å². The molecule has 1 aromatic rings. The van der Waals surface area contributed by atoms with Crippen molar-refractivity contribution < 1.29 is 4.79 Å². The van der Waals surface area contributed by atoms with Crippen LogP contribution in [0, 0.1) is 0 Å². The Labute approximate surface area is 126 Å². The molecular weight excluding hydrogens is 280 g/mol. The summed E-state index contributed by atoms with van der Waals surface area (Å²) in [5, 5.41) is 6.15. The predicted molar refractivity (Wildman–Crippen MR) is 86.4 cm³/mol. The van der Waals surface area contributed by atoms with Crippen LogP contribution >= 0.6 is 24.2 Å². The van der Waals surface area contributed by atoms with Crippen molar-refractivity contribution >= 4 is 30.1 Å². The molecule has 0 radical (unpaired) electrons. The van der Waals surface area contributed by atoms with E-state index in [2.05, 4.69) is 23.8 Å². The van der Waals surface area contributed by atoms with Gasteiger partial charge in [0, 0.05) is 24.4 Å². The highest BCUT2D eigenvalue weighted by Gasteiger charge is 2.03. The molecule has 0 saturated carbocycles. The normalized spacial score (nSPS) is 9.79. The van der Waals surface area contributed by atoms with Crippen LogP contribution in [0.25, 0.3) is 0 Å². The lowest BCUT2D eigenvalue weighted by Gasteiger charge is -2.06. The number of hydrogen-bond donors (Lipinski definition) is 2. The van der Waals surface area contributed by atoms with Gasteiger partial charge in [-0.1, -0.05) is 19.1 Å². The summed E-state index contributed by atoms with van der Waals surface area (Å²) >= 11 is 1.78. The Balaban J connectivity index is 0.00000324. The quantitative estimate of drug-likeness (QED) is 0.726. The maximum absolute atomic E-state index is 11.8. The Morgan fingerprint density at radius 2 is 1.84 bits per heavy atom. The average molecular weight is 303 g/mol. The second-order valence-electron chi connectivity index (χ2n) is 4.14. The Morgan fingerprint density at radius 3 is 2.42 bits per heavy atom. The standard InChI is InChI=1S/C14H22N2OS.ClH/c1-3-8-15-9-10-16-14(17)13-6-4-12(5-7-13)11-18-2;/h4-7,15H,3,8-11H2,1-2H3,(H,16,17);1H. The summed E-state index contributed by atoms with van der Waals surface area (Å²) in [5.41, 5.74) is 1.99. The van der Waals surface area contributed by atoms with Crippen molar-refractivity contribution in [2.75, 3.05) is 25.9 Å². The van der Waals surface area contributed by atoms with E-state index in [1.807, 2.05) is 24.3 Å². The molecule has 108 valence electrons. The molecule has 0 bridgehead atoms. The molecule has 0 atom stereocenters. The number of nitrogens with one attached hydrogen (secondary N) is 2. The largest absolute Gasteiger partial charge is 0.351 e. The number of carbonyl (C=O) groups is 1. The summed E-state index contributed by atoms with van der Waals surface area (Å²) in [6.45, 7) is 4.62. The minimum absolute atomic E-state index is 0.